The summed E-state index contributed by atoms with van der Waals surface area (Å²) < 4.78 is 15.9. The van der Waals surface area contributed by atoms with E-state index in [1.54, 1.807) is 19.4 Å². The van der Waals surface area contributed by atoms with Gasteiger partial charge >= 0.3 is 5.97 Å². The summed E-state index contributed by atoms with van der Waals surface area (Å²) in [6, 6.07) is 4.54. The van der Waals surface area contributed by atoms with E-state index in [9.17, 15) is 9.18 Å². The molecule has 19 heavy (non-hydrogen) atoms. The lowest BCUT2D eigenvalue weighted by molar-refractivity contribution is 0.0689. The Labute approximate surface area is 121 Å². The normalized spacial score (nSPS) is 10.7. The number of aromatic nitrogens is 2. The highest BCUT2D eigenvalue weighted by atomic mass is 79.9. The van der Waals surface area contributed by atoms with E-state index in [2.05, 4.69) is 21.0 Å². The molecule has 2 aromatic rings. The van der Waals surface area contributed by atoms with E-state index in [4.69, 9.17) is 5.11 Å². The molecule has 2 rings (SSSR count). The average Bonchev–Trinajstić information content (AvgIpc) is 2.71. The summed E-state index contributed by atoms with van der Waals surface area (Å²) >= 11 is 4.61. The zero-order chi connectivity index (χ0) is 14.2. The minimum atomic E-state index is -1.11. The molecule has 1 aromatic heterocycles. The molecular formula is C12H10BrFN2O2S. The van der Waals surface area contributed by atoms with Gasteiger partial charge in [-0.2, -0.15) is 5.10 Å². The van der Waals surface area contributed by atoms with Crippen molar-refractivity contribution in [2.24, 2.45) is 7.05 Å². The van der Waals surface area contributed by atoms with Gasteiger partial charge in [-0.05, 0) is 40.4 Å². The van der Waals surface area contributed by atoms with Gasteiger partial charge in [0, 0.05) is 17.1 Å². The lowest BCUT2D eigenvalue weighted by atomic mass is 10.1. The van der Waals surface area contributed by atoms with Gasteiger partial charge in [0.25, 0.3) is 0 Å². The van der Waals surface area contributed by atoms with Crippen molar-refractivity contribution in [3.63, 3.8) is 0 Å². The summed E-state index contributed by atoms with van der Waals surface area (Å²) in [7, 11) is 1.62. The van der Waals surface area contributed by atoms with Crippen molar-refractivity contribution in [2.45, 2.75) is 4.90 Å². The first-order valence-electron chi connectivity index (χ1n) is 5.24. The number of carbonyl (C=O) groups is 1. The van der Waals surface area contributed by atoms with E-state index in [0.29, 0.717) is 20.6 Å². The van der Waals surface area contributed by atoms with Gasteiger partial charge in [-0.1, -0.05) is 0 Å². The second kappa shape index (κ2) is 5.34. The Hall–Kier alpha value is -1.34. The Kier molecular flexibility index (Phi) is 3.96. The van der Waals surface area contributed by atoms with E-state index < -0.39 is 5.97 Å². The molecule has 0 atom stereocenters. The highest BCUT2D eigenvalue weighted by Gasteiger charge is 2.15. The summed E-state index contributed by atoms with van der Waals surface area (Å²) in [4.78, 5) is 11.4. The highest BCUT2D eigenvalue weighted by molar-refractivity contribution is 9.10. The fourth-order valence-electron chi connectivity index (χ4n) is 1.74. The Bertz CT molecular complexity index is 634. The van der Waals surface area contributed by atoms with Gasteiger partial charge in [-0.3, -0.25) is 4.68 Å². The zero-order valence-electron chi connectivity index (χ0n) is 10.1. The van der Waals surface area contributed by atoms with Crippen molar-refractivity contribution in [3.05, 3.63) is 34.2 Å². The molecule has 0 spiro atoms. The van der Waals surface area contributed by atoms with Crippen LogP contribution >= 0.6 is 27.7 Å². The number of aryl methyl sites for hydroxylation is 1. The van der Waals surface area contributed by atoms with Gasteiger partial charge < -0.3 is 5.11 Å². The van der Waals surface area contributed by atoms with E-state index in [1.165, 1.54) is 28.6 Å². The molecule has 0 aliphatic rings. The summed E-state index contributed by atoms with van der Waals surface area (Å²) in [5.41, 5.74) is 1.05. The third kappa shape index (κ3) is 2.66. The Morgan fingerprint density at radius 3 is 2.63 bits per heavy atom. The van der Waals surface area contributed by atoms with Crippen LogP contribution in [0.15, 0.2) is 27.6 Å². The van der Waals surface area contributed by atoms with Gasteiger partial charge in [0.05, 0.1) is 10.6 Å². The Morgan fingerprint density at radius 2 is 2.16 bits per heavy atom. The largest absolute Gasteiger partial charge is 0.476 e. The molecule has 4 nitrogen and oxygen atoms in total. The first-order valence-corrected chi connectivity index (χ1v) is 7.26. The molecule has 0 saturated heterocycles. The molecular weight excluding hydrogens is 335 g/mol. The number of rotatable bonds is 3. The maximum atomic E-state index is 13.9. The molecule has 0 unspecified atom stereocenters. The van der Waals surface area contributed by atoms with Crippen LogP contribution in [0.3, 0.4) is 0 Å². The molecule has 0 saturated carbocycles. The minimum absolute atomic E-state index is 0.0667. The maximum absolute atomic E-state index is 13.9. The second-order valence-corrected chi connectivity index (χ2v) is 5.49. The predicted molar refractivity (Wildman–Crippen MR) is 75.0 cm³/mol. The average molecular weight is 345 g/mol. The zero-order valence-corrected chi connectivity index (χ0v) is 12.5. The number of halogens is 2. The summed E-state index contributed by atoms with van der Waals surface area (Å²) in [5.74, 6) is -1.46. The van der Waals surface area contributed by atoms with E-state index in [1.807, 2.05) is 0 Å². The molecule has 0 fully saturated rings. The Morgan fingerprint density at radius 1 is 1.47 bits per heavy atom. The van der Waals surface area contributed by atoms with Gasteiger partial charge in [-0.15, -0.1) is 11.8 Å². The quantitative estimate of drug-likeness (QED) is 0.867. The van der Waals surface area contributed by atoms with Gasteiger partial charge in [0.1, 0.15) is 5.82 Å². The van der Waals surface area contributed by atoms with Crippen LogP contribution in [-0.4, -0.2) is 27.1 Å². The first-order chi connectivity index (χ1) is 8.93. The number of hydrogen-bond acceptors (Lipinski definition) is 3. The van der Waals surface area contributed by atoms with Crippen LogP contribution in [0.1, 0.15) is 10.5 Å². The molecule has 1 heterocycles. The fraction of sp³-hybridized carbons (Fsp3) is 0.167. The first kappa shape index (κ1) is 14.1. The molecule has 7 heteroatoms. The highest BCUT2D eigenvalue weighted by Crippen LogP contribution is 2.33. The number of thioether (sulfide) groups is 1. The number of benzene rings is 1. The molecule has 0 radical (unpaired) electrons. The van der Waals surface area contributed by atoms with Crippen molar-refractivity contribution in [3.8, 4) is 11.3 Å². The minimum Gasteiger partial charge on any atom is -0.476 e. The number of hydrogen-bond donors (Lipinski definition) is 1. The van der Waals surface area contributed by atoms with Crippen LogP contribution in [0.5, 0.6) is 0 Å². The third-order valence-electron chi connectivity index (χ3n) is 2.60. The second-order valence-electron chi connectivity index (χ2n) is 3.82. The number of nitrogens with zero attached hydrogens (tertiary/aromatic N) is 2. The van der Waals surface area contributed by atoms with E-state index >= 15 is 0 Å². The summed E-state index contributed by atoms with van der Waals surface area (Å²) in [6.07, 6.45) is 1.79. The van der Waals surface area contributed by atoms with Crippen molar-refractivity contribution >= 4 is 33.7 Å². The lowest BCUT2D eigenvalue weighted by Crippen LogP contribution is -1.99. The van der Waals surface area contributed by atoms with Gasteiger partial charge in [-0.25, -0.2) is 9.18 Å². The molecule has 1 N–H and O–H groups in total. The van der Waals surface area contributed by atoms with Crippen molar-refractivity contribution in [1.82, 2.24) is 9.78 Å². The molecule has 100 valence electrons. The van der Waals surface area contributed by atoms with Crippen LogP contribution < -0.4 is 0 Å². The molecule has 1 aromatic carbocycles. The molecule has 0 aliphatic carbocycles. The molecule has 0 bridgehead atoms. The monoisotopic (exact) mass is 344 g/mol. The van der Waals surface area contributed by atoms with Crippen LogP contribution in [0.2, 0.25) is 0 Å². The summed E-state index contributed by atoms with van der Waals surface area (Å²) in [6.45, 7) is 0. The van der Waals surface area contributed by atoms with Crippen LogP contribution in [0, 0.1) is 5.82 Å². The Balaban J connectivity index is 2.56. The standard InChI is InChI=1S/C12H10BrFN2O2S/c1-16-10(5-9(15-16)12(17)18)6-3-7(13)11(19-2)8(14)4-6/h3-5H,1-2H3,(H,17,18). The van der Waals surface area contributed by atoms with Crippen molar-refractivity contribution < 1.29 is 14.3 Å². The van der Waals surface area contributed by atoms with Crippen LogP contribution in [0.4, 0.5) is 4.39 Å². The van der Waals surface area contributed by atoms with E-state index in [-0.39, 0.29) is 11.5 Å². The van der Waals surface area contributed by atoms with Crippen molar-refractivity contribution in [2.75, 3.05) is 6.26 Å². The lowest BCUT2D eigenvalue weighted by Gasteiger charge is -2.07. The van der Waals surface area contributed by atoms with Crippen molar-refractivity contribution in [1.29, 1.82) is 0 Å². The van der Waals surface area contributed by atoms with Gasteiger partial charge in [0.2, 0.25) is 0 Å². The summed E-state index contributed by atoms with van der Waals surface area (Å²) in [5, 5.41) is 12.8. The SMILES string of the molecule is CSc1c(F)cc(-c2cc(C(=O)O)nn2C)cc1Br. The number of carboxylic acid groups (broad SMARTS) is 1. The predicted octanol–water partition coefficient (Wildman–Crippen LogP) is 3.41. The number of aromatic carboxylic acids is 1. The van der Waals surface area contributed by atoms with Crippen LogP contribution in [-0.2, 0) is 7.05 Å². The third-order valence-corrected chi connectivity index (χ3v) is 4.31. The molecule has 0 amide bonds. The number of carboxylic acids is 1. The van der Waals surface area contributed by atoms with E-state index in [0.717, 1.165) is 0 Å². The fourth-order valence-corrected chi connectivity index (χ4v) is 3.17. The molecule has 0 aliphatic heterocycles. The van der Waals surface area contributed by atoms with Crippen LogP contribution in [0.25, 0.3) is 11.3 Å². The van der Waals surface area contributed by atoms with Gasteiger partial charge in [0.15, 0.2) is 5.69 Å². The topological polar surface area (TPSA) is 55.1 Å². The smallest absolute Gasteiger partial charge is 0.356 e. The maximum Gasteiger partial charge on any atom is 0.356 e.